The van der Waals surface area contributed by atoms with Crippen LogP contribution in [-0.4, -0.2) is 27.1 Å². The zero-order chi connectivity index (χ0) is 13.4. The summed E-state index contributed by atoms with van der Waals surface area (Å²) in [5.74, 6) is 1.14. The van der Waals surface area contributed by atoms with Gasteiger partial charge in [-0.05, 0) is 24.5 Å². The summed E-state index contributed by atoms with van der Waals surface area (Å²) in [6, 6.07) is 2.86. The monoisotopic (exact) mass is 269 g/mol. The molecule has 1 N–H and O–H groups in total. The van der Waals surface area contributed by atoms with Crippen LogP contribution in [0.4, 0.5) is 5.69 Å². The van der Waals surface area contributed by atoms with Crippen molar-refractivity contribution in [2.45, 2.75) is 38.5 Å². The number of nitrogens with zero attached hydrogens (tertiary/aromatic N) is 4. The highest BCUT2D eigenvalue weighted by Crippen LogP contribution is 2.25. The first-order chi connectivity index (χ1) is 9.90. The number of hydrogen-bond donors (Lipinski definition) is 1. The topological polar surface area (TPSA) is 46.0 Å². The molecule has 1 saturated carbocycles. The molecule has 0 unspecified atom stereocenters. The molecule has 0 amide bonds. The highest BCUT2D eigenvalue weighted by Gasteiger charge is 2.22. The van der Waals surface area contributed by atoms with Crippen LogP contribution in [0.3, 0.4) is 0 Å². The lowest BCUT2D eigenvalue weighted by Crippen LogP contribution is -2.34. The lowest BCUT2D eigenvalue weighted by Gasteiger charge is -2.30. The second-order valence-electron chi connectivity index (χ2n) is 5.62. The van der Waals surface area contributed by atoms with Gasteiger partial charge in [0.05, 0.1) is 18.4 Å². The zero-order valence-electron chi connectivity index (χ0n) is 11.5. The van der Waals surface area contributed by atoms with Crippen LogP contribution in [-0.2, 0) is 19.6 Å². The molecule has 3 heterocycles. The van der Waals surface area contributed by atoms with E-state index in [2.05, 4.69) is 37.0 Å². The first kappa shape index (κ1) is 11.9. The van der Waals surface area contributed by atoms with E-state index in [1.54, 1.807) is 0 Å². The van der Waals surface area contributed by atoms with Crippen molar-refractivity contribution in [3.05, 3.63) is 42.2 Å². The normalized spacial score (nSPS) is 18.1. The number of rotatable bonds is 4. The number of aromatic nitrogens is 3. The Morgan fingerprint density at radius 1 is 1.25 bits per heavy atom. The van der Waals surface area contributed by atoms with Crippen LogP contribution in [0, 0.1) is 0 Å². The first-order valence-corrected chi connectivity index (χ1v) is 7.31. The Bertz CT molecular complexity index is 602. The molecule has 0 aromatic carbocycles. The summed E-state index contributed by atoms with van der Waals surface area (Å²) >= 11 is 0. The van der Waals surface area contributed by atoms with Gasteiger partial charge in [-0.1, -0.05) is 0 Å². The summed E-state index contributed by atoms with van der Waals surface area (Å²) < 4.78 is 2.23. The number of fused-ring (bicyclic) bond motifs is 1. The largest absolute Gasteiger partial charge is 0.361 e. The second-order valence-corrected chi connectivity index (χ2v) is 5.62. The Kier molecular flexibility index (Phi) is 2.92. The molecule has 20 heavy (non-hydrogen) atoms. The van der Waals surface area contributed by atoms with E-state index in [9.17, 15) is 0 Å². The molecule has 1 aliphatic carbocycles. The van der Waals surface area contributed by atoms with Gasteiger partial charge in [0.25, 0.3) is 0 Å². The van der Waals surface area contributed by atoms with Crippen LogP contribution in [0.5, 0.6) is 0 Å². The Hall–Kier alpha value is -1.88. The van der Waals surface area contributed by atoms with Crippen LogP contribution in [0.2, 0.25) is 0 Å². The van der Waals surface area contributed by atoms with E-state index in [-0.39, 0.29) is 0 Å². The van der Waals surface area contributed by atoms with Crippen molar-refractivity contribution in [2.24, 2.45) is 0 Å². The molecule has 1 fully saturated rings. The minimum Gasteiger partial charge on any atom is -0.361 e. The van der Waals surface area contributed by atoms with Crippen molar-refractivity contribution in [3.8, 4) is 0 Å². The molecule has 2 aliphatic rings. The molecule has 0 atom stereocenters. The molecule has 2 aromatic rings. The van der Waals surface area contributed by atoms with E-state index >= 15 is 0 Å². The summed E-state index contributed by atoms with van der Waals surface area (Å²) in [6.45, 7) is 3.83. The Labute approximate surface area is 118 Å². The molecule has 0 bridgehead atoms. The average molecular weight is 269 g/mol. The molecule has 5 nitrogen and oxygen atoms in total. The maximum atomic E-state index is 4.43. The minimum absolute atomic E-state index is 0.733. The van der Waals surface area contributed by atoms with E-state index in [4.69, 9.17) is 0 Å². The number of nitrogens with one attached hydrogen (secondary N) is 1. The highest BCUT2D eigenvalue weighted by atomic mass is 15.2. The molecular formula is C15H19N5. The summed E-state index contributed by atoms with van der Waals surface area (Å²) in [6.07, 6.45) is 10.5. The molecule has 5 heteroatoms. The molecule has 104 valence electrons. The van der Waals surface area contributed by atoms with E-state index in [0.29, 0.717) is 0 Å². The summed E-state index contributed by atoms with van der Waals surface area (Å²) in [7, 11) is 0. The molecule has 0 saturated heterocycles. The second kappa shape index (κ2) is 4.90. The third-order valence-electron chi connectivity index (χ3n) is 4.13. The van der Waals surface area contributed by atoms with Crippen LogP contribution in [0.25, 0.3) is 0 Å². The van der Waals surface area contributed by atoms with Crippen molar-refractivity contribution < 1.29 is 0 Å². The maximum Gasteiger partial charge on any atom is 0.128 e. The molecule has 0 radical (unpaired) electrons. The third-order valence-corrected chi connectivity index (χ3v) is 4.13. The fourth-order valence-electron chi connectivity index (χ4n) is 2.77. The van der Waals surface area contributed by atoms with Crippen LogP contribution < -0.4 is 10.2 Å². The van der Waals surface area contributed by atoms with Gasteiger partial charge in [0.1, 0.15) is 5.82 Å². The lowest BCUT2D eigenvalue weighted by molar-refractivity contribution is 0.556. The zero-order valence-corrected chi connectivity index (χ0v) is 11.5. The molecule has 2 aromatic heterocycles. The number of hydrogen-bond acceptors (Lipinski definition) is 4. The van der Waals surface area contributed by atoms with Crippen LogP contribution in [0.1, 0.15) is 24.2 Å². The van der Waals surface area contributed by atoms with E-state index in [1.165, 1.54) is 24.1 Å². The molecule has 1 aliphatic heterocycles. The van der Waals surface area contributed by atoms with Gasteiger partial charge in [-0.3, -0.25) is 4.98 Å². The average Bonchev–Trinajstić information content (AvgIpc) is 3.20. The van der Waals surface area contributed by atoms with Crippen LogP contribution in [0.15, 0.2) is 30.9 Å². The van der Waals surface area contributed by atoms with Gasteiger partial charge in [-0.15, -0.1) is 0 Å². The highest BCUT2D eigenvalue weighted by molar-refractivity contribution is 5.52. The van der Waals surface area contributed by atoms with Crippen molar-refractivity contribution >= 4 is 5.69 Å². The number of imidazole rings is 1. The molecular weight excluding hydrogens is 250 g/mol. The fourth-order valence-corrected chi connectivity index (χ4v) is 2.77. The van der Waals surface area contributed by atoms with E-state index < -0.39 is 0 Å². The summed E-state index contributed by atoms with van der Waals surface area (Å²) in [5.41, 5.74) is 2.59. The number of pyridine rings is 1. The van der Waals surface area contributed by atoms with E-state index in [0.717, 1.165) is 38.0 Å². The summed E-state index contributed by atoms with van der Waals surface area (Å²) in [4.78, 5) is 11.1. The van der Waals surface area contributed by atoms with Crippen molar-refractivity contribution in [3.63, 3.8) is 0 Å². The predicted octanol–water partition coefficient (Wildman–Crippen LogP) is 1.55. The molecule has 0 spiro atoms. The maximum absolute atomic E-state index is 4.43. The van der Waals surface area contributed by atoms with Gasteiger partial charge in [0.15, 0.2) is 0 Å². The standard InChI is InChI=1S/C15H19N5/c1-2-13(1)18-9-12-3-4-16-10-14(12)20-8-7-19-6-5-17-15(19)11-20/h3-6,10,13,18H,1-2,7-9,11H2. The van der Waals surface area contributed by atoms with Gasteiger partial charge in [-0.2, -0.15) is 0 Å². The van der Waals surface area contributed by atoms with Crippen LogP contribution >= 0.6 is 0 Å². The van der Waals surface area contributed by atoms with Crippen molar-refractivity contribution in [1.29, 1.82) is 0 Å². The van der Waals surface area contributed by atoms with Gasteiger partial charge in [-0.25, -0.2) is 4.98 Å². The Morgan fingerprint density at radius 2 is 2.20 bits per heavy atom. The SMILES string of the molecule is c1cc(CNC2CC2)c(N2CCn3ccnc3C2)cn1. The van der Waals surface area contributed by atoms with Gasteiger partial charge >= 0.3 is 0 Å². The Balaban J connectivity index is 1.55. The van der Waals surface area contributed by atoms with Crippen molar-refractivity contribution in [2.75, 3.05) is 11.4 Å². The van der Waals surface area contributed by atoms with Gasteiger partial charge < -0.3 is 14.8 Å². The van der Waals surface area contributed by atoms with Crippen molar-refractivity contribution in [1.82, 2.24) is 19.9 Å². The molecule has 4 rings (SSSR count). The minimum atomic E-state index is 0.733. The quantitative estimate of drug-likeness (QED) is 0.915. The summed E-state index contributed by atoms with van der Waals surface area (Å²) in [5, 5.41) is 3.59. The van der Waals surface area contributed by atoms with Gasteiger partial charge in [0, 0.05) is 44.3 Å². The fraction of sp³-hybridized carbons (Fsp3) is 0.467. The smallest absolute Gasteiger partial charge is 0.128 e. The predicted molar refractivity (Wildman–Crippen MR) is 77.4 cm³/mol. The first-order valence-electron chi connectivity index (χ1n) is 7.31. The van der Waals surface area contributed by atoms with Gasteiger partial charge in [0.2, 0.25) is 0 Å². The third kappa shape index (κ3) is 2.29. The van der Waals surface area contributed by atoms with E-state index in [1.807, 2.05) is 18.6 Å². The number of anilines is 1. The Morgan fingerprint density at radius 3 is 3.10 bits per heavy atom. The lowest BCUT2D eigenvalue weighted by atomic mass is 10.2.